The molecule has 1 heterocycles. The van der Waals surface area contributed by atoms with Gasteiger partial charge < -0.3 is 35.1 Å². The summed E-state index contributed by atoms with van der Waals surface area (Å²) < 4.78 is 43.5. The van der Waals surface area contributed by atoms with Crippen molar-refractivity contribution in [2.75, 3.05) is 51.0 Å². The summed E-state index contributed by atoms with van der Waals surface area (Å²) in [7, 11) is -4.14. The zero-order chi connectivity index (χ0) is 42.1. The number of carbonyl (C=O) groups excluding carboxylic acids is 4. The molecule has 1 aliphatic carbocycles. The molecule has 1 saturated heterocycles. The number of hydrogen-bond donors (Lipinski definition) is 4. The first-order chi connectivity index (χ1) is 27.8. The topological polar surface area (TPSA) is 198 Å². The molecule has 14 nitrogen and oxygen atoms in total. The number of unbranched alkanes of at least 4 members (excludes halogenated alkanes) is 1. The predicted octanol–water partition coefficient (Wildman–Crippen LogP) is 3.48. The fourth-order valence-electron chi connectivity index (χ4n) is 8.00. The number of hydrogen-bond acceptors (Lipinski definition) is 12. The molecule has 2 fully saturated rings. The lowest BCUT2D eigenvalue weighted by atomic mass is 9.83. The summed E-state index contributed by atoms with van der Waals surface area (Å²) in [5, 5.41) is 30.4. The minimum atomic E-state index is -4.14. The van der Waals surface area contributed by atoms with Crippen LogP contribution in [0.25, 0.3) is 10.8 Å². The quantitative estimate of drug-likeness (QED) is 0.119. The molecule has 0 radical (unpaired) electrons. The van der Waals surface area contributed by atoms with Gasteiger partial charge in [0.25, 0.3) is 0 Å². The molecule has 2 aromatic carbocycles. The Morgan fingerprint density at radius 1 is 0.931 bits per heavy atom. The Labute approximate surface area is 343 Å². The molecule has 0 bridgehead atoms. The number of amides is 2. The van der Waals surface area contributed by atoms with E-state index in [4.69, 9.17) is 14.2 Å². The average molecular weight is 832 g/mol. The Hall–Kier alpha value is -3.63. The first-order valence-electron chi connectivity index (χ1n) is 21.0. The van der Waals surface area contributed by atoms with E-state index in [0.29, 0.717) is 39.1 Å². The molecule has 324 valence electrons. The number of morpholine rings is 1. The lowest BCUT2D eigenvalue weighted by molar-refractivity contribution is -0.155. The summed E-state index contributed by atoms with van der Waals surface area (Å²) in [6.45, 7) is 6.76. The van der Waals surface area contributed by atoms with Crippen LogP contribution in [-0.4, -0.2) is 129 Å². The van der Waals surface area contributed by atoms with Gasteiger partial charge in [-0.25, -0.2) is 8.42 Å². The standard InChI is InChI=1S/C43H65N3O11S/c1-4-6-19-37(43(52)45-38(24-31-13-8-7-9-14-31)41(50)39(48)26-46-20-22-55-23-21-46)44-42(51)34(25-33-17-12-16-32-15-10-11-18-36(32)33)28-58(53,54)29-35(57-30(3)47)27-56-40(49)5-2/h10-12,15-18,31,34-35,37-39,41,48,50H,4-9,13-14,19-29H2,1-3H3,(H,44,51)(H,45,52)/t34-,35?,37+,38+,39+,41-/m1/s1. The molecule has 2 amide bonds. The van der Waals surface area contributed by atoms with E-state index < -0.39 is 88.0 Å². The van der Waals surface area contributed by atoms with Crippen molar-refractivity contribution in [2.24, 2.45) is 11.8 Å². The second-order valence-corrected chi connectivity index (χ2v) is 18.1. The van der Waals surface area contributed by atoms with E-state index in [1.807, 2.05) is 54.3 Å². The Morgan fingerprint density at radius 2 is 1.64 bits per heavy atom. The molecule has 1 saturated carbocycles. The number of carbonyl (C=O) groups is 4. The van der Waals surface area contributed by atoms with Crippen LogP contribution in [0.5, 0.6) is 0 Å². The summed E-state index contributed by atoms with van der Waals surface area (Å²) >= 11 is 0. The number of nitrogens with one attached hydrogen (secondary N) is 2. The number of nitrogens with zero attached hydrogens (tertiary/aromatic N) is 1. The van der Waals surface area contributed by atoms with Crippen LogP contribution in [0.1, 0.15) is 90.5 Å². The van der Waals surface area contributed by atoms with E-state index in [9.17, 15) is 37.8 Å². The van der Waals surface area contributed by atoms with E-state index >= 15 is 0 Å². The smallest absolute Gasteiger partial charge is 0.305 e. The molecule has 6 atom stereocenters. The van der Waals surface area contributed by atoms with E-state index in [1.54, 1.807) is 6.92 Å². The van der Waals surface area contributed by atoms with Crippen molar-refractivity contribution in [3.8, 4) is 0 Å². The van der Waals surface area contributed by atoms with Gasteiger partial charge >= 0.3 is 11.9 Å². The van der Waals surface area contributed by atoms with Crippen LogP contribution in [0.15, 0.2) is 42.5 Å². The van der Waals surface area contributed by atoms with Crippen molar-refractivity contribution < 1.29 is 52.0 Å². The number of ether oxygens (including phenoxy) is 3. The molecular formula is C43H65N3O11S. The van der Waals surface area contributed by atoms with Gasteiger partial charge in [0.05, 0.1) is 42.8 Å². The van der Waals surface area contributed by atoms with Crippen LogP contribution in [0.4, 0.5) is 0 Å². The lowest BCUT2D eigenvalue weighted by Gasteiger charge is -2.35. The first kappa shape index (κ1) is 47.1. The minimum Gasteiger partial charge on any atom is -0.462 e. The number of sulfone groups is 1. The van der Waals surface area contributed by atoms with Crippen LogP contribution in [0.3, 0.4) is 0 Å². The lowest BCUT2D eigenvalue weighted by Crippen LogP contribution is -2.57. The maximum atomic E-state index is 14.4. The van der Waals surface area contributed by atoms with Gasteiger partial charge in [0.15, 0.2) is 9.84 Å². The SMILES string of the molecule is CCCC[C@H](NC(=O)[C@H](Cc1cccc2ccccc12)CS(=O)(=O)CC(COC(=O)CC)OC(C)=O)C(=O)N[C@@H](CC1CCCCC1)[C@@H](O)[C@@H](O)CN1CCOCC1. The van der Waals surface area contributed by atoms with Gasteiger partial charge in [0, 0.05) is 33.0 Å². The minimum absolute atomic E-state index is 0.0222. The monoisotopic (exact) mass is 831 g/mol. The van der Waals surface area contributed by atoms with Crippen LogP contribution < -0.4 is 10.6 Å². The number of β-amino-alcohol motifs (C(OH)–C–C–N with tert-alkyl or cyclic N) is 1. The van der Waals surface area contributed by atoms with Gasteiger partial charge in [-0.05, 0) is 41.5 Å². The third kappa shape index (κ3) is 15.5. The van der Waals surface area contributed by atoms with Crippen LogP contribution >= 0.6 is 0 Å². The van der Waals surface area contributed by atoms with E-state index in [-0.39, 0.29) is 31.7 Å². The highest BCUT2D eigenvalue weighted by atomic mass is 32.2. The molecular weight excluding hydrogens is 767 g/mol. The molecule has 58 heavy (non-hydrogen) atoms. The summed E-state index contributed by atoms with van der Waals surface area (Å²) in [6, 6.07) is 11.3. The second kappa shape index (κ2) is 23.8. The van der Waals surface area contributed by atoms with Crippen LogP contribution in [-0.2, 0) is 49.6 Å². The number of aliphatic hydroxyl groups excluding tert-OH is 2. The van der Waals surface area contributed by atoms with Crippen molar-refractivity contribution in [3.05, 3.63) is 48.0 Å². The van der Waals surface area contributed by atoms with Gasteiger partial charge in [0.2, 0.25) is 11.8 Å². The van der Waals surface area contributed by atoms with Gasteiger partial charge in [-0.1, -0.05) is 101 Å². The van der Waals surface area contributed by atoms with Gasteiger partial charge in [-0.2, -0.15) is 0 Å². The fraction of sp³-hybridized carbons (Fsp3) is 0.674. The highest BCUT2D eigenvalue weighted by molar-refractivity contribution is 7.91. The Morgan fingerprint density at radius 3 is 2.33 bits per heavy atom. The maximum Gasteiger partial charge on any atom is 0.305 e. The molecule has 4 N–H and O–H groups in total. The average Bonchev–Trinajstić information content (AvgIpc) is 3.20. The molecule has 2 aliphatic rings. The second-order valence-electron chi connectivity index (χ2n) is 15.9. The molecule has 15 heteroatoms. The molecule has 4 rings (SSSR count). The van der Waals surface area contributed by atoms with Gasteiger partial charge in [-0.15, -0.1) is 0 Å². The number of rotatable bonds is 23. The molecule has 0 aromatic heterocycles. The van der Waals surface area contributed by atoms with Crippen molar-refractivity contribution in [2.45, 2.75) is 122 Å². The van der Waals surface area contributed by atoms with Gasteiger partial charge in [0.1, 0.15) is 24.9 Å². The van der Waals surface area contributed by atoms with Gasteiger partial charge in [-0.3, -0.25) is 24.1 Å². The van der Waals surface area contributed by atoms with Crippen molar-refractivity contribution in [3.63, 3.8) is 0 Å². The normalized spacial score (nSPS) is 18.6. The highest BCUT2D eigenvalue weighted by Crippen LogP contribution is 2.29. The molecule has 1 aliphatic heterocycles. The number of fused-ring (bicyclic) bond motifs is 1. The summed E-state index contributed by atoms with van der Waals surface area (Å²) in [5.41, 5.74) is 0.737. The number of esters is 2. The van der Waals surface area contributed by atoms with E-state index in [1.165, 1.54) is 0 Å². The third-order valence-electron chi connectivity index (χ3n) is 11.1. The first-order valence-corrected chi connectivity index (χ1v) is 22.9. The summed E-state index contributed by atoms with van der Waals surface area (Å²) in [6.07, 6.45) is 3.60. The van der Waals surface area contributed by atoms with Crippen LogP contribution in [0, 0.1) is 11.8 Å². The summed E-state index contributed by atoms with van der Waals surface area (Å²) in [5.74, 6) is -4.73. The molecule has 2 aromatic rings. The maximum absolute atomic E-state index is 14.4. The molecule has 0 spiro atoms. The van der Waals surface area contributed by atoms with E-state index in [2.05, 4.69) is 10.6 Å². The number of benzene rings is 2. The Balaban J connectivity index is 1.59. The Bertz CT molecular complexity index is 1720. The Kier molecular flexibility index (Phi) is 19.3. The zero-order valence-corrected chi connectivity index (χ0v) is 35.3. The molecule has 1 unspecified atom stereocenters. The van der Waals surface area contributed by atoms with Crippen molar-refractivity contribution in [1.29, 1.82) is 0 Å². The van der Waals surface area contributed by atoms with Crippen molar-refractivity contribution in [1.82, 2.24) is 15.5 Å². The summed E-state index contributed by atoms with van der Waals surface area (Å²) in [4.78, 5) is 54.4. The third-order valence-corrected chi connectivity index (χ3v) is 12.9. The van der Waals surface area contributed by atoms with Crippen LogP contribution in [0.2, 0.25) is 0 Å². The van der Waals surface area contributed by atoms with E-state index in [0.717, 1.165) is 61.8 Å². The largest absolute Gasteiger partial charge is 0.462 e. The highest BCUT2D eigenvalue weighted by Gasteiger charge is 2.36. The van der Waals surface area contributed by atoms with Crippen molar-refractivity contribution >= 4 is 44.4 Å². The number of aliphatic hydroxyl groups is 2. The fourth-order valence-corrected chi connectivity index (χ4v) is 9.75. The zero-order valence-electron chi connectivity index (χ0n) is 34.4. The predicted molar refractivity (Wildman–Crippen MR) is 220 cm³/mol.